The fourth-order valence-corrected chi connectivity index (χ4v) is 3.38. The number of ether oxygens (including phenoxy) is 1. The highest BCUT2D eigenvalue weighted by atomic mass is 32.2. The van der Waals surface area contributed by atoms with Crippen LogP contribution in [-0.2, 0) is 9.59 Å². The van der Waals surface area contributed by atoms with Gasteiger partial charge in [0.25, 0.3) is 5.91 Å². The number of rotatable bonds is 5. The number of hydrogen-bond acceptors (Lipinski definition) is 4. The van der Waals surface area contributed by atoms with Crippen LogP contribution in [0.2, 0.25) is 0 Å². The van der Waals surface area contributed by atoms with Crippen molar-refractivity contribution >= 4 is 23.6 Å². The molecule has 1 aromatic rings. The SMILES string of the molecule is CC(C)c1ccccc1OCC(=O)N1CSC[C@H]1C(=O)O. The predicted octanol–water partition coefficient (Wildman–Crippen LogP) is 2.17. The van der Waals surface area contributed by atoms with Crippen LogP contribution in [-0.4, -0.2) is 46.2 Å². The number of benzene rings is 1. The van der Waals surface area contributed by atoms with Gasteiger partial charge in [-0.1, -0.05) is 32.0 Å². The third-order valence-corrected chi connectivity index (χ3v) is 4.39. The molecule has 21 heavy (non-hydrogen) atoms. The second-order valence-electron chi connectivity index (χ2n) is 5.20. The van der Waals surface area contributed by atoms with Crippen molar-refractivity contribution in [3.05, 3.63) is 29.8 Å². The van der Waals surface area contributed by atoms with E-state index in [4.69, 9.17) is 9.84 Å². The Labute approximate surface area is 128 Å². The second kappa shape index (κ2) is 6.85. The average molecular weight is 309 g/mol. The largest absolute Gasteiger partial charge is 0.483 e. The monoisotopic (exact) mass is 309 g/mol. The normalized spacial score (nSPS) is 18.0. The van der Waals surface area contributed by atoms with E-state index in [0.717, 1.165) is 5.56 Å². The Kier molecular flexibility index (Phi) is 5.12. The van der Waals surface area contributed by atoms with Crippen molar-refractivity contribution < 1.29 is 19.4 Å². The lowest BCUT2D eigenvalue weighted by molar-refractivity contribution is -0.148. The van der Waals surface area contributed by atoms with Gasteiger partial charge in [-0.05, 0) is 17.5 Å². The maximum Gasteiger partial charge on any atom is 0.327 e. The van der Waals surface area contributed by atoms with E-state index in [1.54, 1.807) is 0 Å². The first-order valence-corrected chi connectivity index (χ1v) is 7.98. The molecule has 1 heterocycles. The summed E-state index contributed by atoms with van der Waals surface area (Å²) in [6.45, 7) is 3.98. The minimum absolute atomic E-state index is 0.131. The van der Waals surface area contributed by atoms with Crippen molar-refractivity contribution in [2.75, 3.05) is 18.2 Å². The molecule has 1 atom stereocenters. The number of nitrogens with zero attached hydrogens (tertiary/aromatic N) is 1. The first kappa shape index (κ1) is 15.7. The summed E-state index contributed by atoms with van der Waals surface area (Å²) in [5.74, 6) is 0.570. The fraction of sp³-hybridized carbons (Fsp3) is 0.467. The quantitative estimate of drug-likeness (QED) is 0.903. The molecule has 1 aromatic carbocycles. The molecule has 0 saturated carbocycles. The summed E-state index contributed by atoms with van der Waals surface area (Å²) in [6, 6.07) is 6.84. The lowest BCUT2D eigenvalue weighted by Crippen LogP contribution is -2.43. The van der Waals surface area contributed by atoms with Crippen LogP contribution in [0.3, 0.4) is 0 Å². The molecule has 1 N–H and O–H groups in total. The first-order chi connectivity index (χ1) is 10.0. The van der Waals surface area contributed by atoms with E-state index < -0.39 is 12.0 Å². The van der Waals surface area contributed by atoms with E-state index in [9.17, 15) is 9.59 Å². The van der Waals surface area contributed by atoms with Gasteiger partial charge in [-0.2, -0.15) is 0 Å². The smallest absolute Gasteiger partial charge is 0.327 e. The van der Waals surface area contributed by atoms with E-state index in [0.29, 0.717) is 23.3 Å². The lowest BCUT2D eigenvalue weighted by atomic mass is 10.0. The maximum absolute atomic E-state index is 12.1. The molecular formula is C15H19NO4S. The summed E-state index contributed by atoms with van der Waals surface area (Å²) in [5, 5.41) is 9.09. The van der Waals surface area contributed by atoms with Gasteiger partial charge in [0, 0.05) is 5.75 Å². The van der Waals surface area contributed by atoms with Crippen LogP contribution in [0.1, 0.15) is 25.3 Å². The zero-order valence-corrected chi connectivity index (χ0v) is 12.9. The first-order valence-electron chi connectivity index (χ1n) is 6.82. The van der Waals surface area contributed by atoms with Gasteiger partial charge in [-0.3, -0.25) is 4.79 Å². The number of hydrogen-bond donors (Lipinski definition) is 1. The lowest BCUT2D eigenvalue weighted by Gasteiger charge is -2.21. The van der Waals surface area contributed by atoms with E-state index in [-0.39, 0.29) is 12.5 Å². The van der Waals surface area contributed by atoms with Crippen molar-refractivity contribution in [2.24, 2.45) is 0 Å². The molecule has 0 aliphatic carbocycles. The molecule has 1 amide bonds. The van der Waals surface area contributed by atoms with Gasteiger partial charge in [-0.15, -0.1) is 11.8 Å². The van der Waals surface area contributed by atoms with E-state index in [1.807, 2.05) is 24.3 Å². The Balaban J connectivity index is 2.00. The molecule has 0 radical (unpaired) electrons. The minimum Gasteiger partial charge on any atom is -0.483 e. The summed E-state index contributed by atoms with van der Waals surface area (Å²) in [4.78, 5) is 24.6. The van der Waals surface area contributed by atoms with Crippen molar-refractivity contribution in [2.45, 2.75) is 25.8 Å². The highest BCUT2D eigenvalue weighted by molar-refractivity contribution is 7.99. The van der Waals surface area contributed by atoms with E-state index in [2.05, 4.69) is 13.8 Å². The molecule has 0 aromatic heterocycles. The number of carboxylic acid groups (broad SMARTS) is 1. The van der Waals surface area contributed by atoms with Gasteiger partial charge in [-0.25, -0.2) is 4.79 Å². The molecular weight excluding hydrogens is 290 g/mol. The Morgan fingerprint density at radius 3 is 2.81 bits per heavy atom. The molecule has 2 rings (SSSR count). The summed E-state index contributed by atoms with van der Waals surface area (Å²) >= 11 is 1.45. The maximum atomic E-state index is 12.1. The summed E-state index contributed by atoms with van der Waals surface area (Å²) in [7, 11) is 0. The van der Waals surface area contributed by atoms with Gasteiger partial charge < -0.3 is 14.7 Å². The molecule has 6 heteroatoms. The Morgan fingerprint density at radius 1 is 1.43 bits per heavy atom. The second-order valence-corrected chi connectivity index (χ2v) is 6.20. The van der Waals surface area contributed by atoms with Gasteiger partial charge in [0.05, 0.1) is 5.88 Å². The van der Waals surface area contributed by atoms with Crippen molar-refractivity contribution in [1.29, 1.82) is 0 Å². The number of carbonyl (C=O) groups excluding carboxylic acids is 1. The summed E-state index contributed by atoms with van der Waals surface area (Å²) in [5.41, 5.74) is 1.04. The molecule has 0 unspecified atom stereocenters. The summed E-state index contributed by atoms with van der Waals surface area (Å²) < 4.78 is 5.61. The van der Waals surface area contributed by atoms with Gasteiger partial charge in [0.1, 0.15) is 11.8 Å². The zero-order valence-electron chi connectivity index (χ0n) is 12.1. The molecule has 1 fully saturated rings. The van der Waals surface area contributed by atoms with Crippen molar-refractivity contribution in [1.82, 2.24) is 4.90 Å². The fourth-order valence-electron chi connectivity index (χ4n) is 2.20. The number of amides is 1. The molecule has 1 aliphatic rings. The zero-order chi connectivity index (χ0) is 15.4. The summed E-state index contributed by atoms with van der Waals surface area (Å²) in [6.07, 6.45) is 0. The van der Waals surface area contributed by atoms with Crippen molar-refractivity contribution in [3.63, 3.8) is 0 Å². The van der Waals surface area contributed by atoms with Crippen LogP contribution < -0.4 is 4.74 Å². The molecule has 0 bridgehead atoms. The van der Waals surface area contributed by atoms with Crippen LogP contribution in [0.4, 0.5) is 0 Å². The van der Waals surface area contributed by atoms with Crippen LogP contribution in [0, 0.1) is 0 Å². The Bertz CT molecular complexity index is 532. The van der Waals surface area contributed by atoms with E-state index in [1.165, 1.54) is 16.7 Å². The van der Waals surface area contributed by atoms with Crippen molar-refractivity contribution in [3.8, 4) is 5.75 Å². The van der Waals surface area contributed by atoms with Crippen LogP contribution in [0.25, 0.3) is 0 Å². The van der Waals surface area contributed by atoms with Crippen LogP contribution in [0.5, 0.6) is 5.75 Å². The molecule has 114 valence electrons. The molecule has 0 spiro atoms. The highest BCUT2D eigenvalue weighted by Gasteiger charge is 2.34. The van der Waals surface area contributed by atoms with Crippen LogP contribution >= 0.6 is 11.8 Å². The Hall–Kier alpha value is -1.69. The number of carbonyl (C=O) groups is 2. The third kappa shape index (κ3) is 3.69. The van der Waals surface area contributed by atoms with Gasteiger partial charge >= 0.3 is 5.97 Å². The standard InChI is InChI=1S/C15H19NO4S/c1-10(2)11-5-3-4-6-13(11)20-7-14(17)16-9-21-8-12(16)15(18)19/h3-6,10,12H,7-9H2,1-2H3,(H,18,19)/t12-/m0/s1. The average Bonchev–Trinajstić information content (AvgIpc) is 2.94. The predicted molar refractivity (Wildman–Crippen MR) is 81.6 cm³/mol. The molecule has 5 nitrogen and oxygen atoms in total. The van der Waals surface area contributed by atoms with Gasteiger partial charge in [0.2, 0.25) is 0 Å². The Morgan fingerprint density at radius 2 is 2.14 bits per heavy atom. The highest BCUT2D eigenvalue weighted by Crippen LogP contribution is 2.26. The molecule has 1 aliphatic heterocycles. The van der Waals surface area contributed by atoms with Gasteiger partial charge in [0.15, 0.2) is 6.61 Å². The number of carboxylic acids is 1. The topological polar surface area (TPSA) is 66.8 Å². The number of aliphatic carboxylic acids is 1. The number of thioether (sulfide) groups is 1. The number of para-hydroxylation sites is 1. The third-order valence-electron chi connectivity index (χ3n) is 3.38. The van der Waals surface area contributed by atoms with Crippen LogP contribution in [0.15, 0.2) is 24.3 Å². The minimum atomic E-state index is -0.962. The molecule has 1 saturated heterocycles. The van der Waals surface area contributed by atoms with E-state index >= 15 is 0 Å².